The van der Waals surface area contributed by atoms with Crippen molar-refractivity contribution in [2.45, 2.75) is 13.0 Å². The Morgan fingerprint density at radius 2 is 1.92 bits per heavy atom. The fourth-order valence-corrected chi connectivity index (χ4v) is 2.96. The minimum absolute atomic E-state index is 0.120. The van der Waals surface area contributed by atoms with Crippen LogP contribution >= 0.6 is 11.6 Å². The molecule has 4 nitrogen and oxygen atoms in total. The van der Waals surface area contributed by atoms with Gasteiger partial charge in [-0.15, -0.1) is 0 Å². The normalized spacial score (nSPS) is 17.2. The van der Waals surface area contributed by atoms with E-state index < -0.39 is 5.92 Å². The van der Waals surface area contributed by atoms with E-state index in [0.29, 0.717) is 23.8 Å². The lowest BCUT2D eigenvalue weighted by Gasteiger charge is -2.18. The summed E-state index contributed by atoms with van der Waals surface area (Å²) in [5.41, 5.74) is 1.43. The van der Waals surface area contributed by atoms with E-state index in [4.69, 9.17) is 11.6 Å². The van der Waals surface area contributed by atoms with Crippen LogP contribution in [0.4, 0.5) is 10.1 Å². The molecule has 1 heterocycles. The van der Waals surface area contributed by atoms with E-state index in [1.54, 1.807) is 41.3 Å². The topological polar surface area (TPSA) is 49.4 Å². The quantitative estimate of drug-likeness (QED) is 0.924. The zero-order chi connectivity index (χ0) is 17.1. The van der Waals surface area contributed by atoms with Gasteiger partial charge in [0, 0.05) is 19.5 Å². The van der Waals surface area contributed by atoms with Crippen LogP contribution in [0.3, 0.4) is 0 Å². The van der Waals surface area contributed by atoms with Crippen molar-refractivity contribution in [1.82, 2.24) is 5.32 Å². The Morgan fingerprint density at radius 3 is 2.62 bits per heavy atom. The maximum atomic E-state index is 12.9. The summed E-state index contributed by atoms with van der Waals surface area (Å²) in [4.78, 5) is 26.0. The van der Waals surface area contributed by atoms with Crippen molar-refractivity contribution in [1.29, 1.82) is 0 Å². The molecule has 1 N–H and O–H groups in total. The molecule has 1 unspecified atom stereocenters. The number of hydrogen-bond acceptors (Lipinski definition) is 2. The van der Waals surface area contributed by atoms with Gasteiger partial charge in [-0.3, -0.25) is 9.59 Å². The third kappa shape index (κ3) is 3.57. The first kappa shape index (κ1) is 16.5. The molecule has 0 radical (unpaired) electrons. The predicted molar refractivity (Wildman–Crippen MR) is 90.2 cm³/mol. The Bertz CT molecular complexity index is 764. The fraction of sp³-hybridized carbons (Fsp3) is 0.222. The summed E-state index contributed by atoms with van der Waals surface area (Å²) >= 11 is 6.13. The van der Waals surface area contributed by atoms with E-state index in [-0.39, 0.29) is 24.1 Å². The van der Waals surface area contributed by atoms with Gasteiger partial charge in [0.1, 0.15) is 5.82 Å². The van der Waals surface area contributed by atoms with E-state index >= 15 is 0 Å². The maximum absolute atomic E-state index is 12.9. The largest absolute Gasteiger partial charge is 0.352 e. The predicted octanol–water partition coefficient (Wildman–Crippen LogP) is 3.15. The molecule has 6 heteroatoms. The van der Waals surface area contributed by atoms with Crippen LogP contribution in [0.15, 0.2) is 48.5 Å². The van der Waals surface area contributed by atoms with Gasteiger partial charge < -0.3 is 10.2 Å². The number of nitrogens with one attached hydrogen (secondary N) is 1. The number of halogens is 2. The van der Waals surface area contributed by atoms with Crippen molar-refractivity contribution in [2.24, 2.45) is 5.92 Å². The molecule has 0 bridgehead atoms. The van der Waals surface area contributed by atoms with Gasteiger partial charge in [-0.1, -0.05) is 35.9 Å². The average molecular weight is 347 g/mol. The molecule has 1 saturated heterocycles. The van der Waals surface area contributed by atoms with Gasteiger partial charge in [-0.2, -0.15) is 0 Å². The van der Waals surface area contributed by atoms with Crippen LogP contribution in [0.5, 0.6) is 0 Å². The van der Waals surface area contributed by atoms with Crippen molar-refractivity contribution in [2.75, 3.05) is 11.4 Å². The zero-order valence-corrected chi connectivity index (χ0v) is 13.6. The standard InChI is InChI=1S/C18H16ClFN2O2/c19-15-3-1-2-4-16(15)22-11-13(9-17(22)23)18(24)21-10-12-5-7-14(20)8-6-12/h1-8,13H,9-11H2,(H,21,24). The van der Waals surface area contributed by atoms with Crippen LogP contribution in [0, 0.1) is 11.7 Å². The van der Waals surface area contributed by atoms with Gasteiger partial charge in [0.05, 0.1) is 16.6 Å². The number of hydrogen-bond donors (Lipinski definition) is 1. The number of rotatable bonds is 4. The van der Waals surface area contributed by atoms with E-state index in [0.717, 1.165) is 5.56 Å². The Kier molecular flexibility index (Phi) is 4.81. The second kappa shape index (κ2) is 7.01. The molecule has 0 aromatic heterocycles. The van der Waals surface area contributed by atoms with Crippen LogP contribution in [0.25, 0.3) is 0 Å². The molecular formula is C18H16ClFN2O2. The highest BCUT2D eigenvalue weighted by atomic mass is 35.5. The van der Waals surface area contributed by atoms with E-state index in [1.807, 2.05) is 0 Å². The third-order valence-corrected chi connectivity index (χ3v) is 4.34. The second-order valence-electron chi connectivity index (χ2n) is 5.70. The molecule has 3 rings (SSSR count). The van der Waals surface area contributed by atoms with Gasteiger partial charge in [0.25, 0.3) is 0 Å². The highest BCUT2D eigenvalue weighted by molar-refractivity contribution is 6.33. The maximum Gasteiger partial charge on any atom is 0.227 e. The monoisotopic (exact) mass is 346 g/mol. The molecule has 0 saturated carbocycles. The number of benzene rings is 2. The van der Waals surface area contributed by atoms with E-state index in [1.165, 1.54) is 12.1 Å². The summed E-state index contributed by atoms with van der Waals surface area (Å²) in [6.07, 6.45) is 0.153. The lowest BCUT2D eigenvalue weighted by atomic mass is 10.1. The first-order valence-electron chi connectivity index (χ1n) is 7.61. The minimum atomic E-state index is -0.422. The fourth-order valence-electron chi connectivity index (χ4n) is 2.72. The van der Waals surface area contributed by atoms with Crippen LogP contribution in [0.2, 0.25) is 5.02 Å². The van der Waals surface area contributed by atoms with Crippen molar-refractivity contribution in [3.63, 3.8) is 0 Å². The average Bonchev–Trinajstić information content (AvgIpc) is 2.96. The molecule has 2 aromatic rings. The summed E-state index contributed by atoms with van der Waals surface area (Å²) in [7, 11) is 0. The lowest BCUT2D eigenvalue weighted by Crippen LogP contribution is -2.32. The van der Waals surface area contributed by atoms with Crippen molar-refractivity contribution in [3.8, 4) is 0 Å². The summed E-state index contributed by atoms with van der Waals surface area (Å²) in [6, 6.07) is 13.0. The molecule has 0 spiro atoms. The van der Waals surface area contributed by atoms with Gasteiger partial charge in [0.15, 0.2) is 0 Å². The lowest BCUT2D eigenvalue weighted by molar-refractivity contribution is -0.126. The summed E-state index contributed by atoms with van der Waals surface area (Å²) in [5.74, 6) is -1.05. The van der Waals surface area contributed by atoms with Crippen molar-refractivity contribution < 1.29 is 14.0 Å². The molecule has 2 aromatic carbocycles. The van der Waals surface area contributed by atoms with Gasteiger partial charge in [0.2, 0.25) is 11.8 Å². The van der Waals surface area contributed by atoms with Gasteiger partial charge >= 0.3 is 0 Å². The molecule has 1 fully saturated rings. The molecule has 124 valence electrons. The van der Waals surface area contributed by atoms with E-state index in [9.17, 15) is 14.0 Å². The molecule has 2 amide bonds. The summed E-state index contributed by atoms with van der Waals surface area (Å²) in [5, 5.41) is 3.28. The first-order chi connectivity index (χ1) is 11.5. The number of anilines is 1. The van der Waals surface area contributed by atoms with Crippen LogP contribution < -0.4 is 10.2 Å². The van der Waals surface area contributed by atoms with Gasteiger partial charge in [-0.25, -0.2) is 4.39 Å². The Labute approximate surface area is 144 Å². The molecule has 1 aliphatic heterocycles. The first-order valence-corrected chi connectivity index (χ1v) is 7.99. The Balaban J connectivity index is 1.62. The number of carbonyl (C=O) groups is 2. The summed E-state index contributed by atoms with van der Waals surface area (Å²) < 4.78 is 12.9. The number of amides is 2. The van der Waals surface area contributed by atoms with Gasteiger partial charge in [-0.05, 0) is 29.8 Å². The highest BCUT2D eigenvalue weighted by Crippen LogP contribution is 2.31. The Hall–Kier alpha value is -2.40. The molecule has 0 aliphatic carbocycles. The molecule has 1 atom stereocenters. The SMILES string of the molecule is O=C(NCc1ccc(F)cc1)C1CC(=O)N(c2ccccc2Cl)C1. The van der Waals surface area contributed by atoms with Crippen LogP contribution in [0.1, 0.15) is 12.0 Å². The van der Waals surface area contributed by atoms with Crippen LogP contribution in [-0.2, 0) is 16.1 Å². The number of carbonyl (C=O) groups excluding carboxylic acids is 2. The highest BCUT2D eigenvalue weighted by Gasteiger charge is 2.35. The molecular weight excluding hydrogens is 331 g/mol. The number of para-hydroxylation sites is 1. The molecule has 1 aliphatic rings. The van der Waals surface area contributed by atoms with E-state index in [2.05, 4.69) is 5.32 Å². The smallest absolute Gasteiger partial charge is 0.227 e. The van der Waals surface area contributed by atoms with Crippen LogP contribution in [-0.4, -0.2) is 18.4 Å². The zero-order valence-electron chi connectivity index (χ0n) is 12.8. The number of nitrogens with zero attached hydrogens (tertiary/aromatic N) is 1. The minimum Gasteiger partial charge on any atom is -0.352 e. The Morgan fingerprint density at radius 1 is 1.21 bits per heavy atom. The molecule has 24 heavy (non-hydrogen) atoms. The van der Waals surface area contributed by atoms with Crippen molar-refractivity contribution >= 4 is 29.1 Å². The second-order valence-corrected chi connectivity index (χ2v) is 6.11. The van der Waals surface area contributed by atoms with Crippen molar-refractivity contribution in [3.05, 3.63) is 64.9 Å². The third-order valence-electron chi connectivity index (χ3n) is 4.02. The summed E-state index contributed by atoms with van der Waals surface area (Å²) in [6.45, 7) is 0.605.